The van der Waals surface area contributed by atoms with Gasteiger partial charge in [-0.2, -0.15) is 0 Å². The van der Waals surface area contributed by atoms with E-state index in [0.29, 0.717) is 31.0 Å². The molecule has 1 amide bonds. The summed E-state index contributed by atoms with van der Waals surface area (Å²) in [5, 5.41) is 0. The number of hydrogen-bond donors (Lipinski definition) is 0. The van der Waals surface area contributed by atoms with Gasteiger partial charge in [-0.05, 0) is 61.0 Å². The second-order valence-electron chi connectivity index (χ2n) is 8.06. The fraction of sp³-hybridized carbons (Fsp3) is 0.296. The van der Waals surface area contributed by atoms with Gasteiger partial charge in [0.15, 0.2) is 0 Å². The first-order chi connectivity index (χ1) is 16.1. The quantitative estimate of drug-likeness (QED) is 0.533. The molecule has 1 heterocycles. The zero-order valence-electron chi connectivity index (χ0n) is 19.4. The smallest absolute Gasteiger partial charge is 0.253 e. The lowest BCUT2D eigenvalue weighted by Crippen LogP contribution is -2.48. The number of ether oxygens (including phenoxy) is 3. The summed E-state index contributed by atoms with van der Waals surface area (Å²) in [4.78, 5) is 17.4. The normalized spacial score (nSPS) is 13.5. The van der Waals surface area contributed by atoms with E-state index in [1.165, 1.54) is 0 Å². The lowest BCUT2D eigenvalue weighted by molar-refractivity contribution is 0.0746. The predicted octanol–water partition coefficient (Wildman–Crippen LogP) is 4.55. The van der Waals surface area contributed by atoms with Crippen LogP contribution < -0.4 is 19.1 Å². The van der Waals surface area contributed by atoms with Gasteiger partial charge in [0.05, 0.1) is 14.2 Å². The van der Waals surface area contributed by atoms with Gasteiger partial charge < -0.3 is 24.0 Å². The van der Waals surface area contributed by atoms with Gasteiger partial charge in [-0.1, -0.05) is 18.2 Å². The number of carbonyl (C=O) groups is 1. The van der Waals surface area contributed by atoms with E-state index in [0.717, 1.165) is 41.4 Å². The van der Waals surface area contributed by atoms with Crippen LogP contribution in [0.2, 0.25) is 0 Å². The number of carbonyl (C=O) groups excluding carboxylic acids is 1. The molecule has 0 N–H and O–H groups in total. The minimum atomic E-state index is 0.0316. The van der Waals surface area contributed by atoms with Crippen LogP contribution in [0.3, 0.4) is 0 Å². The molecule has 0 aromatic heterocycles. The van der Waals surface area contributed by atoms with Gasteiger partial charge in [-0.3, -0.25) is 4.79 Å². The molecule has 33 heavy (non-hydrogen) atoms. The number of para-hydroxylation sites is 1. The molecule has 0 unspecified atom stereocenters. The number of nitrogens with zero attached hydrogens (tertiary/aromatic N) is 2. The minimum absolute atomic E-state index is 0.0316. The molecule has 1 saturated heterocycles. The Balaban J connectivity index is 1.41. The Morgan fingerprint density at radius 1 is 0.848 bits per heavy atom. The van der Waals surface area contributed by atoms with Gasteiger partial charge >= 0.3 is 0 Å². The van der Waals surface area contributed by atoms with E-state index in [-0.39, 0.29) is 5.91 Å². The number of methoxy groups -OCH3 is 2. The molecule has 0 bridgehead atoms. The third-order valence-electron chi connectivity index (χ3n) is 6.01. The molecule has 1 aliphatic heterocycles. The first-order valence-electron chi connectivity index (χ1n) is 11.1. The van der Waals surface area contributed by atoms with Crippen LogP contribution in [0.5, 0.6) is 17.2 Å². The maximum absolute atomic E-state index is 13.2. The molecule has 1 fully saturated rings. The van der Waals surface area contributed by atoms with Crippen LogP contribution in [-0.2, 0) is 6.61 Å². The van der Waals surface area contributed by atoms with Crippen molar-refractivity contribution in [3.63, 3.8) is 0 Å². The highest BCUT2D eigenvalue weighted by molar-refractivity contribution is 5.94. The Labute approximate surface area is 195 Å². The average Bonchev–Trinajstić information content (AvgIpc) is 2.88. The van der Waals surface area contributed by atoms with Gasteiger partial charge in [-0.25, -0.2) is 0 Å². The summed E-state index contributed by atoms with van der Waals surface area (Å²) < 4.78 is 16.7. The monoisotopic (exact) mass is 446 g/mol. The SMILES string of the molecule is COc1ccc(N2CCN(C(=O)c3ccc(OC)c(COc4ccccc4C)c3)CC2)cc1. The van der Waals surface area contributed by atoms with Gasteiger partial charge in [0, 0.05) is 43.0 Å². The van der Waals surface area contributed by atoms with Crippen molar-refractivity contribution in [3.8, 4) is 17.2 Å². The lowest BCUT2D eigenvalue weighted by Gasteiger charge is -2.36. The standard InChI is InChI=1S/C27H30N2O4/c1-20-6-4-5-7-25(20)33-19-22-18-21(8-13-26(22)32-3)27(30)29-16-14-28(15-17-29)23-9-11-24(31-2)12-10-23/h4-13,18H,14-17,19H2,1-3H3. The number of anilines is 1. The predicted molar refractivity (Wildman–Crippen MR) is 130 cm³/mol. The minimum Gasteiger partial charge on any atom is -0.497 e. The van der Waals surface area contributed by atoms with Crippen LogP contribution in [-0.4, -0.2) is 51.2 Å². The molecule has 0 saturated carbocycles. The molecule has 3 aromatic carbocycles. The molecule has 1 aliphatic rings. The van der Waals surface area contributed by atoms with Gasteiger partial charge in [0.1, 0.15) is 23.9 Å². The number of rotatable bonds is 7. The van der Waals surface area contributed by atoms with E-state index in [1.54, 1.807) is 14.2 Å². The van der Waals surface area contributed by atoms with Crippen molar-refractivity contribution >= 4 is 11.6 Å². The van der Waals surface area contributed by atoms with Crippen LogP contribution in [0, 0.1) is 6.92 Å². The van der Waals surface area contributed by atoms with Crippen LogP contribution in [0.15, 0.2) is 66.7 Å². The highest BCUT2D eigenvalue weighted by Crippen LogP contribution is 2.25. The summed E-state index contributed by atoms with van der Waals surface area (Å²) in [6, 6.07) is 21.5. The number of hydrogen-bond acceptors (Lipinski definition) is 5. The van der Waals surface area contributed by atoms with Crippen molar-refractivity contribution in [2.75, 3.05) is 45.3 Å². The molecular weight excluding hydrogens is 416 g/mol. The van der Waals surface area contributed by atoms with Crippen molar-refractivity contribution in [1.82, 2.24) is 4.90 Å². The second-order valence-corrected chi connectivity index (χ2v) is 8.06. The maximum atomic E-state index is 13.2. The van der Waals surface area contributed by atoms with Crippen molar-refractivity contribution in [3.05, 3.63) is 83.4 Å². The highest BCUT2D eigenvalue weighted by Gasteiger charge is 2.23. The molecule has 0 spiro atoms. The summed E-state index contributed by atoms with van der Waals surface area (Å²) in [5.74, 6) is 2.41. The zero-order chi connectivity index (χ0) is 23.2. The Kier molecular flexibility index (Phi) is 7.03. The Hall–Kier alpha value is -3.67. The lowest BCUT2D eigenvalue weighted by atomic mass is 10.1. The molecule has 0 aliphatic carbocycles. The Bertz CT molecular complexity index is 1090. The number of aryl methyl sites for hydroxylation is 1. The first-order valence-corrected chi connectivity index (χ1v) is 11.1. The largest absolute Gasteiger partial charge is 0.497 e. The summed E-state index contributed by atoms with van der Waals surface area (Å²) in [6.07, 6.45) is 0. The fourth-order valence-corrected chi connectivity index (χ4v) is 4.04. The van der Waals surface area contributed by atoms with Crippen molar-refractivity contribution in [2.24, 2.45) is 0 Å². The molecule has 0 atom stereocenters. The summed E-state index contributed by atoms with van der Waals surface area (Å²) in [7, 11) is 3.30. The van der Waals surface area contributed by atoms with Crippen LogP contribution in [0.1, 0.15) is 21.5 Å². The topological polar surface area (TPSA) is 51.2 Å². The van der Waals surface area contributed by atoms with Gasteiger partial charge in [0.2, 0.25) is 0 Å². The number of amides is 1. The van der Waals surface area contributed by atoms with Crippen LogP contribution in [0.4, 0.5) is 5.69 Å². The van der Waals surface area contributed by atoms with Crippen molar-refractivity contribution in [2.45, 2.75) is 13.5 Å². The first kappa shape index (κ1) is 22.5. The van der Waals surface area contributed by atoms with E-state index < -0.39 is 0 Å². The second kappa shape index (κ2) is 10.3. The molecular formula is C27H30N2O4. The average molecular weight is 447 g/mol. The van der Waals surface area contributed by atoms with E-state index >= 15 is 0 Å². The van der Waals surface area contributed by atoms with Crippen LogP contribution in [0.25, 0.3) is 0 Å². The highest BCUT2D eigenvalue weighted by atomic mass is 16.5. The summed E-state index contributed by atoms with van der Waals surface area (Å²) in [5.41, 5.74) is 3.71. The molecule has 4 rings (SSSR count). The van der Waals surface area contributed by atoms with E-state index in [9.17, 15) is 4.79 Å². The molecule has 0 radical (unpaired) electrons. The van der Waals surface area contributed by atoms with Gasteiger partial charge in [0.25, 0.3) is 5.91 Å². The third-order valence-corrected chi connectivity index (χ3v) is 6.01. The molecule has 6 heteroatoms. The van der Waals surface area contributed by atoms with E-state index in [2.05, 4.69) is 17.0 Å². The Morgan fingerprint density at radius 2 is 1.58 bits per heavy atom. The van der Waals surface area contributed by atoms with Crippen molar-refractivity contribution in [1.29, 1.82) is 0 Å². The molecule has 6 nitrogen and oxygen atoms in total. The summed E-state index contributed by atoms with van der Waals surface area (Å²) in [6.45, 7) is 5.27. The fourth-order valence-electron chi connectivity index (χ4n) is 4.04. The van der Waals surface area contributed by atoms with Crippen molar-refractivity contribution < 1.29 is 19.0 Å². The van der Waals surface area contributed by atoms with E-state index in [4.69, 9.17) is 14.2 Å². The maximum Gasteiger partial charge on any atom is 0.253 e. The van der Waals surface area contributed by atoms with E-state index in [1.807, 2.05) is 66.4 Å². The van der Waals surface area contributed by atoms with Gasteiger partial charge in [-0.15, -0.1) is 0 Å². The summed E-state index contributed by atoms with van der Waals surface area (Å²) >= 11 is 0. The molecule has 172 valence electrons. The van der Waals surface area contributed by atoms with Crippen LogP contribution >= 0.6 is 0 Å². The number of piperazine rings is 1. The number of benzene rings is 3. The third kappa shape index (κ3) is 5.22. The molecule has 3 aromatic rings. The Morgan fingerprint density at radius 3 is 2.24 bits per heavy atom. The zero-order valence-corrected chi connectivity index (χ0v) is 19.4.